The molecule has 0 saturated carbocycles. The van der Waals surface area contributed by atoms with Crippen LogP contribution in [-0.4, -0.2) is 30.0 Å². The van der Waals surface area contributed by atoms with Gasteiger partial charge >= 0.3 is 0 Å². The molecule has 4 rings (SSSR count). The number of hydrogen-bond donors (Lipinski definition) is 1. The first-order valence-electron chi connectivity index (χ1n) is 8.36. The van der Waals surface area contributed by atoms with Crippen LogP contribution in [0.4, 0.5) is 28.8 Å². The van der Waals surface area contributed by atoms with Crippen molar-refractivity contribution in [1.29, 1.82) is 0 Å². The Morgan fingerprint density at radius 1 is 0.923 bits per heavy atom. The van der Waals surface area contributed by atoms with E-state index in [0.29, 0.717) is 23.0 Å². The SMILES string of the molecule is Cc1ccc(Nc2ncc3c(n2)N(C)c2ccccc2C(=O)N3C)cc1. The average molecular weight is 345 g/mol. The zero-order valence-corrected chi connectivity index (χ0v) is 14.9. The molecule has 0 aliphatic carbocycles. The third-order valence-corrected chi connectivity index (χ3v) is 4.54. The minimum Gasteiger partial charge on any atom is -0.327 e. The third kappa shape index (κ3) is 2.65. The minimum absolute atomic E-state index is 0.0750. The lowest BCUT2D eigenvalue weighted by Crippen LogP contribution is -2.25. The monoisotopic (exact) mass is 345 g/mol. The van der Waals surface area contributed by atoms with Crippen LogP contribution in [0.25, 0.3) is 0 Å². The number of fused-ring (bicyclic) bond motifs is 2. The van der Waals surface area contributed by atoms with E-state index >= 15 is 0 Å². The summed E-state index contributed by atoms with van der Waals surface area (Å²) in [6.07, 6.45) is 1.68. The highest BCUT2D eigenvalue weighted by atomic mass is 16.2. The minimum atomic E-state index is -0.0750. The topological polar surface area (TPSA) is 61.4 Å². The quantitative estimate of drug-likeness (QED) is 0.763. The lowest BCUT2D eigenvalue weighted by atomic mass is 10.1. The third-order valence-electron chi connectivity index (χ3n) is 4.54. The number of carbonyl (C=O) groups excluding carboxylic acids is 1. The van der Waals surface area contributed by atoms with Crippen molar-refractivity contribution in [2.45, 2.75) is 6.92 Å². The molecule has 0 bridgehead atoms. The summed E-state index contributed by atoms with van der Waals surface area (Å²) in [5.74, 6) is 1.09. The average Bonchev–Trinajstić information content (AvgIpc) is 2.74. The largest absolute Gasteiger partial charge is 0.327 e. The summed E-state index contributed by atoms with van der Waals surface area (Å²) in [5.41, 5.74) is 4.24. The summed E-state index contributed by atoms with van der Waals surface area (Å²) in [7, 11) is 3.65. The van der Waals surface area contributed by atoms with Crippen LogP contribution >= 0.6 is 0 Å². The van der Waals surface area contributed by atoms with E-state index < -0.39 is 0 Å². The Morgan fingerprint density at radius 2 is 1.65 bits per heavy atom. The van der Waals surface area contributed by atoms with E-state index in [-0.39, 0.29) is 5.91 Å². The number of rotatable bonds is 2. The molecule has 3 aromatic rings. The van der Waals surface area contributed by atoms with Crippen molar-refractivity contribution in [2.75, 3.05) is 29.2 Å². The van der Waals surface area contributed by atoms with Gasteiger partial charge in [0.2, 0.25) is 5.95 Å². The molecule has 130 valence electrons. The molecule has 6 heteroatoms. The Morgan fingerprint density at radius 3 is 2.42 bits per heavy atom. The van der Waals surface area contributed by atoms with Crippen molar-refractivity contribution >= 4 is 34.7 Å². The van der Waals surface area contributed by atoms with Gasteiger partial charge in [-0.3, -0.25) is 4.79 Å². The Kier molecular flexibility index (Phi) is 3.80. The summed E-state index contributed by atoms with van der Waals surface area (Å²) >= 11 is 0. The number of nitrogens with one attached hydrogen (secondary N) is 1. The fraction of sp³-hybridized carbons (Fsp3) is 0.150. The van der Waals surface area contributed by atoms with Gasteiger partial charge in [0.25, 0.3) is 5.91 Å². The van der Waals surface area contributed by atoms with E-state index in [1.54, 1.807) is 18.1 Å². The van der Waals surface area contributed by atoms with Crippen molar-refractivity contribution in [3.8, 4) is 0 Å². The number of amides is 1. The molecule has 2 heterocycles. The zero-order valence-electron chi connectivity index (χ0n) is 14.9. The smallest absolute Gasteiger partial charge is 0.260 e. The maximum absolute atomic E-state index is 12.8. The van der Waals surface area contributed by atoms with Crippen LogP contribution in [0.15, 0.2) is 54.7 Å². The number of hydrogen-bond acceptors (Lipinski definition) is 5. The molecule has 0 radical (unpaired) electrons. The van der Waals surface area contributed by atoms with Crippen LogP contribution in [0.2, 0.25) is 0 Å². The number of para-hydroxylation sites is 1. The molecule has 0 spiro atoms. The van der Waals surface area contributed by atoms with Gasteiger partial charge in [-0.05, 0) is 31.2 Å². The first-order valence-corrected chi connectivity index (χ1v) is 8.36. The first kappa shape index (κ1) is 16.1. The molecule has 6 nitrogen and oxygen atoms in total. The molecule has 1 aliphatic rings. The van der Waals surface area contributed by atoms with Crippen molar-refractivity contribution < 1.29 is 4.79 Å². The predicted octanol–water partition coefficient (Wildman–Crippen LogP) is 3.89. The Bertz CT molecular complexity index is 984. The van der Waals surface area contributed by atoms with Gasteiger partial charge < -0.3 is 15.1 Å². The Labute approximate surface area is 152 Å². The highest BCUT2D eigenvalue weighted by Crippen LogP contribution is 2.37. The van der Waals surface area contributed by atoms with Crippen LogP contribution < -0.4 is 15.1 Å². The molecule has 0 unspecified atom stereocenters. The maximum atomic E-state index is 12.8. The zero-order chi connectivity index (χ0) is 18.3. The van der Waals surface area contributed by atoms with Crippen molar-refractivity contribution in [3.05, 3.63) is 65.9 Å². The summed E-state index contributed by atoms with van der Waals surface area (Å²) in [6.45, 7) is 2.04. The maximum Gasteiger partial charge on any atom is 0.260 e. The summed E-state index contributed by atoms with van der Waals surface area (Å²) in [6, 6.07) is 15.6. The number of carbonyl (C=O) groups is 1. The summed E-state index contributed by atoms with van der Waals surface area (Å²) in [4.78, 5) is 25.4. The van der Waals surface area contributed by atoms with Crippen LogP contribution in [0.3, 0.4) is 0 Å². The van der Waals surface area contributed by atoms with E-state index in [0.717, 1.165) is 11.4 Å². The number of nitrogens with zero attached hydrogens (tertiary/aromatic N) is 4. The standard InChI is InChI=1S/C20H19N5O/c1-13-8-10-14(11-9-13)22-20-21-12-17-18(23-20)24(2)16-7-5-4-6-15(16)19(26)25(17)3/h4-12H,1-3H3,(H,21,22,23). The van der Waals surface area contributed by atoms with Gasteiger partial charge in [-0.2, -0.15) is 4.98 Å². The van der Waals surface area contributed by atoms with Crippen molar-refractivity contribution in [1.82, 2.24) is 9.97 Å². The van der Waals surface area contributed by atoms with Gasteiger partial charge in [0.15, 0.2) is 5.82 Å². The predicted molar refractivity (Wildman–Crippen MR) is 104 cm³/mol. The molecule has 0 atom stereocenters. The molecule has 26 heavy (non-hydrogen) atoms. The molecule has 0 fully saturated rings. The molecular weight excluding hydrogens is 326 g/mol. The summed E-state index contributed by atoms with van der Waals surface area (Å²) in [5, 5.41) is 3.22. The van der Waals surface area contributed by atoms with Gasteiger partial charge in [-0.25, -0.2) is 4.98 Å². The second kappa shape index (κ2) is 6.15. The Balaban J connectivity index is 1.77. The second-order valence-corrected chi connectivity index (χ2v) is 6.33. The van der Waals surface area contributed by atoms with E-state index in [1.807, 2.05) is 67.4 Å². The van der Waals surface area contributed by atoms with E-state index in [4.69, 9.17) is 0 Å². The normalized spacial score (nSPS) is 13.1. The second-order valence-electron chi connectivity index (χ2n) is 6.33. The lowest BCUT2D eigenvalue weighted by Gasteiger charge is -2.21. The Hall–Kier alpha value is -3.41. The molecule has 1 amide bonds. The van der Waals surface area contributed by atoms with Crippen LogP contribution in [-0.2, 0) is 0 Å². The number of aryl methyl sites for hydroxylation is 1. The fourth-order valence-electron chi connectivity index (χ4n) is 3.03. The van der Waals surface area contributed by atoms with Crippen molar-refractivity contribution in [3.63, 3.8) is 0 Å². The van der Waals surface area contributed by atoms with Gasteiger partial charge in [0.05, 0.1) is 17.4 Å². The molecule has 2 aromatic carbocycles. The summed E-state index contributed by atoms with van der Waals surface area (Å²) < 4.78 is 0. The van der Waals surface area contributed by atoms with Crippen molar-refractivity contribution in [2.24, 2.45) is 0 Å². The van der Waals surface area contributed by atoms with Crippen LogP contribution in [0.5, 0.6) is 0 Å². The number of anilines is 5. The van der Waals surface area contributed by atoms with Crippen LogP contribution in [0, 0.1) is 6.92 Å². The van der Waals surface area contributed by atoms with Gasteiger partial charge in [-0.1, -0.05) is 29.8 Å². The highest BCUT2D eigenvalue weighted by molar-refractivity contribution is 6.13. The number of aromatic nitrogens is 2. The van der Waals surface area contributed by atoms with E-state index in [2.05, 4.69) is 15.3 Å². The molecule has 0 saturated heterocycles. The highest BCUT2D eigenvalue weighted by Gasteiger charge is 2.28. The van der Waals surface area contributed by atoms with E-state index in [1.165, 1.54) is 5.56 Å². The van der Waals surface area contributed by atoms with Gasteiger partial charge in [-0.15, -0.1) is 0 Å². The van der Waals surface area contributed by atoms with Gasteiger partial charge in [0.1, 0.15) is 5.69 Å². The molecule has 1 aliphatic heterocycles. The number of benzene rings is 2. The lowest BCUT2D eigenvalue weighted by molar-refractivity contribution is 0.0994. The molecule has 1 aromatic heterocycles. The first-order chi connectivity index (χ1) is 12.5. The fourth-order valence-corrected chi connectivity index (χ4v) is 3.03. The van der Waals surface area contributed by atoms with E-state index in [9.17, 15) is 4.79 Å². The van der Waals surface area contributed by atoms with Gasteiger partial charge in [0, 0.05) is 19.8 Å². The molecular formula is C20H19N5O. The van der Waals surface area contributed by atoms with Crippen LogP contribution in [0.1, 0.15) is 15.9 Å². The molecule has 1 N–H and O–H groups in total.